The maximum atomic E-state index is 11.8. The van der Waals surface area contributed by atoms with Crippen molar-refractivity contribution in [3.63, 3.8) is 0 Å². The van der Waals surface area contributed by atoms with Crippen LogP contribution in [0.2, 0.25) is 0 Å². The van der Waals surface area contributed by atoms with Crippen LogP contribution in [0, 0.1) is 6.92 Å². The summed E-state index contributed by atoms with van der Waals surface area (Å²) >= 11 is 5.84. The standard InChI is InChI=1S/C19H21ClO/c1-13(2)16-10-8-15(9-11-16)12-18(19(20)21)17-7-5-4-6-14(17)3/h4-11,13,18H,12H2,1-3H3. The fraction of sp³-hybridized carbons (Fsp3) is 0.316. The van der Waals surface area contributed by atoms with Gasteiger partial charge in [0.25, 0.3) is 0 Å². The van der Waals surface area contributed by atoms with Gasteiger partial charge in [0.2, 0.25) is 5.24 Å². The molecule has 1 atom stereocenters. The molecular weight excluding hydrogens is 280 g/mol. The van der Waals surface area contributed by atoms with E-state index >= 15 is 0 Å². The number of rotatable bonds is 5. The Balaban J connectivity index is 2.25. The summed E-state index contributed by atoms with van der Waals surface area (Å²) in [5, 5.41) is -0.294. The third kappa shape index (κ3) is 3.95. The van der Waals surface area contributed by atoms with Crippen LogP contribution in [-0.4, -0.2) is 5.24 Å². The van der Waals surface area contributed by atoms with Crippen molar-refractivity contribution in [1.29, 1.82) is 0 Å². The zero-order valence-corrected chi connectivity index (χ0v) is 13.5. The van der Waals surface area contributed by atoms with Gasteiger partial charge in [-0.05, 0) is 53.1 Å². The Bertz CT molecular complexity index is 614. The average molecular weight is 301 g/mol. The predicted molar refractivity (Wildman–Crippen MR) is 89.0 cm³/mol. The third-order valence-electron chi connectivity index (χ3n) is 3.92. The molecule has 0 radical (unpaired) electrons. The average Bonchev–Trinajstić information content (AvgIpc) is 2.46. The summed E-state index contributed by atoms with van der Waals surface area (Å²) in [6, 6.07) is 16.4. The monoisotopic (exact) mass is 300 g/mol. The van der Waals surface area contributed by atoms with Crippen molar-refractivity contribution in [2.45, 2.75) is 39.0 Å². The van der Waals surface area contributed by atoms with Crippen LogP contribution in [-0.2, 0) is 11.2 Å². The lowest BCUT2D eigenvalue weighted by Gasteiger charge is -2.16. The van der Waals surface area contributed by atoms with Gasteiger partial charge in [0, 0.05) is 0 Å². The van der Waals surface area contributed by atoms with Gasteiger partial charge in [-0.1, -0.05) is 62.4 Å². The van der Waals surface area contributed by atoms with Gasteiger partial charge < -0.3 is 0 Å². The van der Waals surface area contributed by atoms with E-state index in [1.807, 2.05) is 31.2 Å². The Morgan fingerprint density at radius 2 is 1.67 bits per heavy atom. The topological polar surface area (TPSA) is 17.1 Å². The Hall–Kier alpha value is -1.60. The summed E-state index contributed by atoms with van der Waals surface area (Å²) in [6.45, 7) is 6.37. The lowest BCUT2D eigenvalue weighted by atomic mass is 9.89. The van der Waals surface area contributed by atoms with Crippen molar-refractivity contribution in [2.75, 3.05) is 0 Å². The van der Waals surface area contributed by atoms with Crippen LogP contribution in [0.25, 0.3) is 0 Å². The fourth-order valence-corrected chi connectivity index (χ4v) is 2.76. The Kier molecular flexibility index (Phi) is 5.19. The molecule has 0 bridgehead atoms. The van der Waals surface area contributed by atoms with E-state index in [9.17, 15) is 4.79 Å². The highest BCUT2D eigenvalue weighted by atomic mass is 35.5. The summed E-state index contributed by atoms with van der Waals surface area (Å²) in [5.41, 5.74) is 4.57. The van der Waals surface area contributed by atoms with Crippen molar-refractivity contribution in [3.8, 4) is 0 Å². The highest BCUT2D eigenvalue weighted by molar-refractivity contribution is 6.64. The molecule has 1 nitrogen and oxygen atoms in total. The van der Waals surface area contributed by atoms with E-state index in [4.69, 9.17) is 11.6 Å². The van der Waals surface area contributed by atoms with Crippen LogP contribution in [0.3, 0.4) is 0 Å². The SMILES string of the molecule is Cc1ccccc1C(Cc1ccc(C(C)C)cc1)C(=O)Cl. The van der Waals surface area contributed by atoms with Crippen LogP contribution in [0.1, 0.15) is 47.9 Å². The van der Waals surface area contributed by atoms with Gasteiger partial charge in [0.15, 0.2) is 0 Å². The molecule has 1 unspecified atom stereocenters. The molecule has 0 aliphatic heterocycles. The first-order valence-electron chi connectivity index (χ1n) is 7.32. The van der Waals surface area contributed by atoms with Crippen LogP contribution >= 0.6 is 11.6 Å². The number of hydrogen-bond donors (Lipinski definition) is 0. The summed E-state index contributed by atoms with van der Waals surface area (Å²) in [6.07, 6.45) is 0.644. The summed E-state index contributed by atoms with van der Waals surface area (Å²) < 4.78 is 0. The molecule has 2 heteroatoms. The molecule has 2 rings (SSSR count). The largest absolute Gasteiger partial charge is 0.281 e. The minimum Gasteiger partial charge on any atom is -0.281 e. The third-order valence-corrected chi connectivity index (χ3v) is 4.19. The van der Waals surface area contributed by atoms with Crippen LogP contribution in [0.15, 0.2) is 48.5 Å². The molecule has 2 aromatic carbocycles. The smallest absolute Gasteiger partial charge is 0.229 e. The van der Waals surface area contributed by atoms with E-state index in [0.717, 1.165) is 16.7 Å². The van der Waals surface area contributed by atoms with Gasteiger partial charge in [-0.15, -0.1) is 0 Å². The van der Waals surface area contributed by atoms with E-state index in [1.165, 1.54) is 5.56 Å². The maximum Gasteiger partial charge on any atom is 0.229 e. The van der Waals surface area contributed by atoms with E-state index in [-0.39, 0.29) is 11.2 Å². The van der Waals surface area contributed by atoms with E-state index in [1.54, 1.807) is 0 Å². The minimum atomic E-state index is -0.294. The summed E-state index contributed by atoms with van der Waals surface area (Å²) in [7, 11) is 0. The Labute approximate surface area is 132 Å². The molecule has 0 heterocycles. The Morgan fingerprint density at radius 3 is 2.19 bits per heavy atom. The molecule has 0 fully saturated rings. The number of carbonyl (C=O) groups excluding carboxylic acids is 1. The van der Waals surface area contributed by atoms with E-state index in [0.29, 0.717) is 12.3 Å². The van der Waals surface area contributed by atoms with Gasteiger partial charge in [-0.3, -0.25) is 4.79 Å². The summed E-state index contributed by atoms with van der Waals surface area (Å²) in [4.78, 5) is 11.8. The number of carbonyl (C=O) groups is 1. The van der Waals surface area contributed by atoms with Gasteiger partial charge in [-0.2, -0.15) is 0 Å². The molecule has 0 aromatic heterocycles. The molecule has 0 amide bonds. The Morgan fingerprint density at radius 1 is 1.05 bits per heavy atom. The minimum absolute atomic E-state index is 0.280. The molecular formula is C19H21ClO. The van der Waals surface area contributed by atoms with Gasteiger partial charge in [0.1, 0.15) is 0 Å². The fourth-order valence-electron chi connectivity index (χ4n) is 2.56. The number of benzene rings is 2. The molecule has 0 saturated carbocycles. The lowest BCUT2D eigenvalue weighted by Crippen LogP contribution is -2.11. The highest BCUT2D eigenvalue weighted by Gasteiger charge is 2.20. The van der Waals surface area contributed by atoms with Crippen LogP contribution in [0.5, 0.6) is 0 Å². The van der Waals surface area contributed by atoms with E-state index in [2.05, 4.69) is 38.1 Å². The zero-order valence-electron chi connectivity index (χ0n) is 12.8. The molecule has 0 spiro atoms. The second-order valence-corrected chi connectivity index (χ2v) is 6.19. The van der Waals surface area contributed by atoms with Crippen LogP contribution in [0.4, 0.5) is 0 Å². The molecule has 21 heavy (non-hydrogen) atoms. The molecule has 0 saturated heterocycles. The maximum absolute atomic E-state index is 11.8. The second kappa shape index (κ2) is 6.91. The molecule has 0 aliphatic rings. The first kappa shape index (κ1) is 15.8. The number of hydrogen-bond acceptors (Lipinski definition) is 1. The van der Waals surface area contributed by atoms with Gasteiger partial charge in [-0.25, -0.2) is 0 Å². The number of halogens is 1. The first-order chi connectivity index (χ1) is 9.99. The van der Waals surface area contributed by atoms with Crippen molar-refractivity contribution in [1.82, 2.24) is 0 Å². The van der Waals surface area contributed by atoms with Gasteiger partial charge >= 0.3 is 0 Å². The van der Waals surface area contributed by atoms with Crippen molar-refractivity contribution in [2.24, 2.45) is 0 Å². The van der Waals surface area contributed by atoms with Crippen molar-refractivity contribution in [3.05, 3.63) is 70.8 Å². The van der Waals surface area contributed by atoms with Crippen LogP contribution < -0.4 is 0 Å². The predicted octanol–water partition coefficient (Wildman–Crippen LogP) is 5.21. The van der Waals surface area contributed by atoms with Crippen molar-refractivity contribution >= 4 is 16.8 Å². The summed E-state index contributed by atoms with van der Waals surface area (Å²) in [5.74, 6) is 0.235. The zero-order chi connectivity index (χ0) is 15.4. The first-order valence-corrected chi connectivity index (χ1v) is 7.70. The highest BCUT2D eigenvalue weighted by Crippen LogP contribution is 2.27. The van der Waals surface area contributed by atoms with E-state index < -0.39 is 0 Å². The lowest BCUT2D eigenvalue weighted by molar-refractivity contribution is -0.113. The molecule has 2 aromatic rings. The quantitative estimate of drug-likeness (QED) is 0.693. The molecule has 0 N–H and O–H groups in total. The number of aryl methyl sites for hydroxylation is 1. The van der Waals surface area contributed by atoms with Crippen molar-refractivity contribution < 1.29 is 4.79 Å². The normalized spacial score (nSPS) is 12.4. The van der Waals surface area contributed by atoms with Gasteiger partial charge in [0.05, 0.1) is 5.92 Å². The molecule has 0 aliphatic carbocycles. The second-order valence-electron chi connectivity index (χ2n) is 5.81. The molecule has 110 valence electrons.